The van der Waals surface area contributed by atoms with Crippen LogP contribution in [-0.4, -0.2) is 67.8 Å². The van der Waals surface area contributed by atoms with E-state index < -0.39 is 0 Å². The molecule has 1 N–H and O–H groups in total. The summed E-state index contributed by atoms with van der Waals surface area (Å²) < 4.78 is 0. The van der Waals surface area contributed by atoms with E-state index in [1.54, 1.807) is 0 Å². The first-order valence-corrected chi connectivity index (χ1v) is 9.24. The molecule has 0 radical (unpaired) electrons. The lowest BCUT2D eigenvalue weighted by atomic mass is 9.99. The molecule has 1 aliphatic rings. The highest BCUT2D eigenvalue weighted by molar-refractivity contribution is 5.99. The van der Waals surface area contributed by atoms with E-state index in [4.69, 9.17) is 0 Å². The number of benzene rings is 1. The van der Waals surface area contributed by atoms with Crippen molar-refractivity contribution in [3.63, 3.8) is 0 Å². The van der Waals surface area contributed by atoms with E-state index in [9.17, 15) is 9.59 Å². The Morgan fingerprint density at radius 2 is 1.80 bits per heavy atom. The third-order valence-corrected chi connectivity index (χ3v) is 4.84. The zero-order valence-corrected chi connectivity index (χ0v) is 15.8. The van der Waals surface area contributed by atoms with Gasteiger partial charge in [0.15, 0.2) is 5.78 Å². The normalized spacial score (nSPS) is 16.0. The summed E-state index contributed by atoms with van der Waals surface area (Å²) in [5, 5.41) is 2.94. The van der Waals surface area contributed by atoms with Gasteiger partial charge in [0.25, 0.3) is 0 Å². The maximum atomic E-state index is 12.3. The Hall–Kier alpha value is -1.72. The monoisotopic (exact) mass is 345 g/mol. The number of Topliss-reactive ketones (excluding diaryl/α,β-unsaturated/α-hetero) is 1. The first-order valence-electron chi connectivity index (χ1n) is 9.24. The molecule has 0 spiro atoms. The summed E-state index contributed by atoms with van der Waals surface area (Å²) in [5.74, 6) is 0.0193. The Morgan fingerprint density at radius 1 is 1.08 bits per heavy atom. The van der Waals surface area contributed by atoms with Gasteiger partial charge in [-0.1, -0.05) is 17.7 Å². The molecular weight excluding hydrogens is 314 g/mol. The highest BCUT2D eigenvalue weighted by Gasteiger charge is 2.14. The quantitative estimate of drug-likeness (QED) is 0.578. The molecule has 1 amide bonds. The van der Waals surface area contributed by atoms with Gasteiger partial charge < -0.3 is 15.1 Å². The van der Waals surface area contributed by atoms with Crippen LogP contribution in [0, 0.1) is 13.8 Å². The van der Waals surface area contributed by atoms with E-state index in [1.165, 1.54) is 0 Å². The molecule has 0 saturated carbocycles. The second kappa shape index (κ2) is 9.68. The predicted octanol–water partition coefficient (Wildman–Crippen LogP) is 2.02. The number of aryl methyl sites for hydroxylation is 2. The molecule has 5 nitrogen and oxygen atoms in total. The zero-order chi connectivity index (χ0) is 18.2. The van der Waals surface area contributed by atoms with Crippen LogP contribution in [0.1, 0.15) is 40.7 Å². The van der Waals surface area contributed by atoms with Gasteiger partial charge in [0.2, 0.25) is 5.91 Å². The predicted molar refractivity (Wildman–Crippen MR) is 101 cm³/mol. The number of carbonyl (C=O) groups excluding carboxylic acids is 2. The summed E-state index contributed by atoms with van der Waals surface area (Å²) in [7, 11) is 2.15. The average Bonchev–Trinajstić information content (AvgIpc) is 2.60. The van der Waals surface area contributed by atoms with Crippen molar-refractivity contribution in [2.75, 3.05) is 46.3 Å². The number of nitrogens with one attached hydrogen (secondary N) is 1. The lowest BCUT2D eigenvalue weighted by Gasteiger charge is -2.32. The molecule has 1 saturated heterocycles. The largest absolute Gasteiger partial charge is 0.356 e. The van der Waals surface area contributed by atoms with E-state index in [2.05, 4.69) is 22.2 Å². The van der Waals surface area contributed by atoms with Crippen LogP contribution in [0.2, 0.25) is 0 Å². The Morgan fingerprint density at radius 3 is 2.52 bits per heavy atom. The number of carbonyl (C=O) groups is 2. The highest BCUT2D eigenvalue weighted by atomic mass is 16.2. The molecule has 138 valence electrons. The standard InChI is InChI=1S/C20H31N3O2/c1-16-5-6-17(2)18(15-16)19(24)7-8-20(25)21-9-4-10-23-13-11-22(3)12-14-23/h5-6,15H,4,7-14H2,1-3H3,(H,21,25). The van der Waals surface area contributed by atoms with Crippen molar-refractivity contribution in [2.24, 2.45) is 0 Å². The first kappa shape index (κ1) is 19.6. The van der Waals surface area contributed by atoms with Gasteiger partial charge in [0, 0.05) is 51.1 Å². The number of amides is 1. The van der Waals surface area contributed by atoms with Gasteiger partial charge >= 0.3 is 0 Å². The lowest BCUT2D eigenvalue weighted by Crippen LogP contribution is -2.45. The maximum absolute atomic E-state index is 12.3. The van der Waals surface area contributed by atoms with Crippen LogP contribution in [-0.2, 0) is 4.79 Å². The van der Waals surface area contributed by atoms with Crippen molar-refractivity contribution in [3.8, 4) is 0 Å². The van der Waals surface area contributed by atoms with Gasteiger partial charge in [-0.05, 0) is 45.5 Å². The number of rotatable bonds is 8. The molecule has 1 fully saturated rings. The van der Waals surface area contributed by atoms with Crippen LogP contribution in [0.4, 0.5) is 0 Å². The average molecular weight is 345 g/mol. The summed E-state index contributed by atoms with van der Waals surface area (Å²) in [4.78, 5) is 29.0. The van der Waals surface area contributed by atoms with Crippen LogP contribution in [0.3, 0.4) is 0 Å². The van der Waals surface area contributed by atoms with Crippen molar-refractivity contribution in [2.45, 2.75) is 33.1 Å². The molecule has 25 heavy (non-hydrogen) atoms. The van der Waals surface area contributed by atoms with Gasteiger partial charge in [-0.2, -0.15) is 0 Å². The SMILES string of the molecule is Cc1ccc(C)c(C(=O)CCC(=O)NCCCN2CCN(C)CC2)c1. The van der Waals surface area contributed by atoms with Gasteiger partial charge in [0.1, 0.15) is 0 Å². The fourth-order valence-corrected chi connectivity index (χ4v) is 3.09. The minimum atomic E-state index is -0.0305. The molecular formula is C20H31N3O2. The third kappa shape index (κ3) is 6.59. The first-order chi connectivity index (χ1) is 12.0. The second-order valence-electron chi connectivity index (χ2n) is 7.09. The number of ketones is 1. The van der Waals surface area contributed by atoms with Crippen molar-refractivity contribution in [1.29, 1.82) is 0 Å². The summed E-state index contributed by atoms with van der Waals surface area (Å²) in [6.07, 6.45) is 1.50. The van der Waals surface area contributed by atoms with Gasteiger partial charge in [-0.3, -0.25) is 9.59 Å². The molecule has 1 aromatic rings. The highest BCUT2D eigenvalue weighted by Crippen LogP contribution is 2.13. The smallest absolute Gasteiger partial charge is 0.220 e. The van der Waals surface area contributed by atoms with Crippen LogP contribution < -0.4 is 5.32 Å². The van der Waals surface area contributed by atoms with Crippen LogP contribution >= 0.6 is 0 Å². The van der Waals surface area contributed by atoms with Crippen molar-refractivity contribution in [1.82, 2.24) is 15.1 Å². The van der Waals surface area contributed by atoms with Crippen LogP contribution in [0.5, 0.6) is 0 Å². The number of hydrogen-bond donors (Lipinski definition) is 1. The molecule has 1 heterocycles. The fraction of sp³-hybridized carbons (Fsp3) is 0.600. The Bertz CT molecular complexity index is 593. The molecule has 0 unspecified atom stereocenters. The topological polar surface area (TPSA) is 52.7 Å². The molecule has 1 aliphatic heterocycles. The fourth-order valence-electron chi connectivity index (χ4n) is 3.09. The number of hydrogen-bond acceptors (Lipinski definition) is 4. The minimum Gasteiger partial charge on any atom is -0.356 e. The Labute approximate surface area is 151 Å². The second-order valence-corrected chi connectivity index (χ2v) is 7.09. The molecule has 2 rings (SSSR count). The van der Waals surface area contributed by atoms with Crippen LogP contribution in [0.25, 0.3) is 0 Å². The number of likely N-dealkylation sites (N-methyl/N-ethyl adjacent to an activating group) is 1. The maximum Gasteiger partial charge on any atom is 0.220 e. The number of nitrogens with zero attached hydrogens (tertiary/aromatic N) is 2. The van der Waals surface area contributed by atoms with Gasteiger partial charge in [-0.15, -0.1) is 0 Å². The molecule has 0 aromatic heterocycles. The van der Waals surface area contributed by atoms with Gasteiger partial charge in [-0.25, -0.2) is 0 Å². The number of piperazine rings is 1. The van der Waals surface area contributed by atoms with Crippen molar-refractivity contribution >= 4 is 11.7 Å². The van der Waals surface area contributed by atoms with Crippen LogP contribution in [0.15, 0.2) is 18.2 Å². The van der Waals surface area contributed by atoms with E-state index in [0.717, 1.165) is 55.8 Å². The summed E-state index contributed by atoms with van der Waals surface area (Å²) in [6, 6.07) is 5.87. The van der Waals surface area contributed by atoms with E-state index in [1.807, 2.05) is 32.0 Å². The summed E-state index contributed by atoms with van der Waals surface area (Å²) in [6.45, 7) is 10.1. The Balaban J connectivity index is 1.62. The zero-order valence-electron chi connectivity index (χ0n) is 15.8. The van der Waals surface area contributed by atoms with Crippen molar-refractivity contribution < 1.29 is 9.59 Å². The molecule has 5 heteroatoms. The van der Waals surface area contributed by atoms with E-state index >= 15 is 0 Å². The van der Waals surface area contributed by atoms with Crippen molar-refractivity contribution in [3.05, 3.63) is 34.9 Å². The Kier molecular flexibility index (Phi) is 7.59. The van der Waals surface area contributed by atoms with Gasteiger partial charge in [0.05, 0.1) is 0 Å². The lowest BCUT2D eigenvalue weighted by molar-refractivity contribution is -0.121. The molecule has 0 atom stereocenters. The third-order valence-electron chi connectivity index (χ3n) is 4.84. The van der Waals surface area contributed by atoms with E-state index in [-0.39, 0.29) is 24.5 Å². The minimum absolute atomic E-state index is 0.0305. The van der Waals surface area contributed by atoms with E-state index in [0.29, 0.717) is 6.54 Å². The summed E-state index contributed by atoms with van der Waals surface area (Å²) in [5.41, 5.74) is 2.79. The summed E-state index contributed by atoms with van der Waals surface area (Å²) >= 11 is 0. The molecule has 0 bridgehead atoms. The molecule has 0 aliphatic carbocycles. The molecule has 1 aromatic carbocycles.